The molecule has 1 amide bonds. The highest BCUT2D eigenvalue weighted by Gasteiger charge is 2.33. The molecule has 4 rings (SSSR count). The Morgan fingerprint density at radius 1 is 1.27 bits per heavy atom. The Bertz CT molecular complexity index is 1020. The summed E-state index contributed by atoms with van der Waals surface area (Å²) in [5.74, 6) is 1.57. The quantitative estimate of drug-likeness (QED) is 0.491. The van der Waals surface area contributed by atoms with Gasteiger partial charge in [-0.05, 0) is 24.8 Å². The molecule has 0 radical (unpaired) electrons. The molecule has 0 spiro atoms. The number of nitrogens with zero attached hydrogens (tertiary/aromatic N) is 5. The molecule has 2 aliphatic heterocycles. The van der Waals surface area contributed by atoms with E-state index in [1.54, 1.807) is 11.1 Å². The fourth-order valence-corrected chi connectivity index (χ4v) is 4.24. The molecular weight excluding hydrogens is 418 g/mol. The van der Waals surface area contributed by atoms with Crippen LogP contribution in [0.5, 0.6) is 0 Å². The van der Waals surface area contributed by atoms with Crippen molar-refractivity contribution in [2.45, 2.75) is 46.3 Å². The van der Waals surface area contributed by atoms with E-state index in [1.807, 2.05) is 25.1 Å². The molecule has 0 unspecified atom stereocenters. The molecule has 3 heterocycles. The Balaban J connectivity index is 1.56. The fraction of sp³-hybridized carbons (Fsp3) is 0.500. The van der Waals surface area contributed by atoms with Crippen molar-refractivity contribution >= 4 is 23.9 Å². The molecule has 1 saturated heterocycles. The van der Waals surface area contributed by atoms with Crippen LogP contribution in [0.25, 0.3) is 0 Å². The predicted octanol–water partition coefficient (Wildman–Crippen LogP) is 2.28. The number of amides is 1. The van der Waals surface area contributed by atoms with Crippen LogP contribution in [0.3, 0.4) is 0 Å². The number of nitrogens with one attached hydrogen (secondary N) is 1. The molecule has 0 aliphatic carbocycles. The van der Waals surface area contributed by atoms with Gasteiger partial charge in [0.25, 0.3) is 0 Å². The zero-order chi connectivity index (χ0) is 23.4. The Labute approximate surface area is 195 Å². The number of ether oxygens (including phenoxy) is 1. The van der Waals surface area contributed by atoms with Gasteiger partial charge >= 0.3 is 0 Å². The number of nitrogens with two attached hydrogens (primary N) is 1. The lowest BCUT2D eigenvalue weighted by atomic mass is 10.0. The minimum atomic E-state index is -0.504. The van der Waals surface area contributed by atoms with Gasteiger partial charge in [-0.1, -0.05) is 43.7 Å². The Morgan fingerprint density at radius 2 is 2.06 bits per heavy atom. The van der Waals surface area contributed by atoms with Crippen molar-refractivity contribution in [3.05, 3.63) is 46.6 Å². The molecule has 1 aromatic carbocycles. The monoisotopic (exact) mass is 451 g/mol. The van der Waals surface area contributed by atoms with Gasteiger partial charge in [0.2, 0.25) is 11.9 Å². The minimum absolute atomic E-state index is 0.0402. The average Bonchev–Trinajstić information content (AvgIpc) is 3.22. The van der Waals surface area contributed by atoms with Crippen molar-refractivity contribution in [1.82, 2.24) is 14.9 Å². The number of carbonyl (C=O) groups excluding carboxylic acids is 1. The number of aromatic nitrogens is 2. The summed E-state index contributed by atoms with van der Waals surface area (Å²) in [5.41, 5.74) is 13.1. The number of anilines is 2. The lowest BCUT2D eigenvalue weighted by molar-refractivity contribution is -0.133. The largest absolute Gasteiger partial charge is 0.378 e. The molecule has 2 aromatic rings. The van der Waals surface area contributed by atoms with E-state index < -0.39 is 6.04 Å². The highest BCUT2D eigenvalue weighted by Crippen LogP contribution is 2.31. The van der Waals surface area contributed by atoms with Crippen molar-refractivity contribution < 1.29 is 9.53 Å². The highest BCUT2D eigenvalue weighted by atomic mass is 16.5. The van der Waals surface area contributed by atoms with E-state index in [9.17, 15) is 4.79 Å². The first-order valence-corrected chi connectivity index (χ1v) is 11.5. The van der Waals surface area contributed by atoms with E-state index in [1.165, 1.54) is 5.56 Å². The standard InChI is InChI=1S/C24H33N7O2/c1-16(2)11-20(25)23(32)31-14-19-21(15-31)27-24(28-22(19)30-7-9-33-10-8-30)29-26-13-18-6-4-5-17(3)12-18/h4-6,12-13,16,20H,7-11,14-15,25H2,1-3H3,(H,27,28,29)/b26-13+/t20-/m0/s1. The van der Waals surface area contributed by atoms with Crippen LogP contribution in [0, 0.1) is 12.8 Å². The Morgan fingerprint density at radius 3 is 2.79 bits per heavy atom. The fourth-order valence-electron chi connectivity index (χ4n) is 4.24. The van der Waals surface area contributed by atoms with Crippen LogP contribution in [-0.4, -0.2) is 59.3 Å². The number of hydrazone groups is 1. The second-order valence-electron chi connectivity index (χ2n) is 9.11. The second-order valence-corrected chi connectivity index (χ2v) is 9.11. The SMILES string of the molecule is Cc1cccc(/C=N/Nc2nc3c(c(N4CCOCC4)n2)CN(C(=O)[C@@H](N)CC(C)C)C3)c1. The summed E-state index contributed by atoms with van der Waals surface area (Å²) in [7, 11) is 0. The summed E-state index contributed by atoms with van der Waals surface area (Å²) in [4.78, 5) is 26.4. The molecule has 1 atom stereocenters. The minimum Gasteiger partial charge on any atom is -0.378 e. The van der Waals surface area contributed by atoms with Gasteiger partial charge in [-0.25, -0.2) is 10.4 Å². The Hall–Kier alpha value is -3.04. The summed E-state index contributed by atoms with van der Waals surface area (Å²) >= 11 is 0. The summed E-state index contributed by atoms with van der Waals surface area (Å²) in [5, 5.41) is 4.34. The molecule has 9 nitrogen and oxygen atoms in total. The molecule has 9 heteroatoms. The van der Waals surface area contributed by atoms with Crippen LogP contribution in [-0.2, 0) is 22.6 Å². The molecule has 2 aliphatic rings. The maximum atomic E-state index is 13.0. The molecule has 1 aromatic heterocycles. The third kappa shape index (κ3) is 5.66. The number of benzene rings is 1. The maximum Gasteiger partial charge on any atom is 0.245 e. The van der Waals surface area contributed by atoms with Gasteiger partial charge in [-0.2, -0.15) is 10.1 Å². The normalized spacial score (nSPS) is 17.0. The molecule has 3 N–H and O–H groups in total. The molecular formula is C24H33N7O2. The predicted molar refractivity (Wildman–Crippen MR) is 129 cm³/mol. The molecule has 0 bridgehead atoms. The smallest absolute Gasteiger partial charge is 0.245 e. The summed E-state index contributed by atoms with van der Waals surface area (Å²) in [6.45, 7) is 9.88. The first-order chi connectivity index (χ1) is 15.9. The highest BCUT2D eigenvalue weighted by molar-refractivity contribution is 5.82. The first kappa shape index (κ1) is 23.1. The van der Waals surface area contributed by atoms with E-state index in [4.69, 9.17) is 15.5 Å². The number of carbonyl (C=O) groups is 1. The van der Waals surface area contributed by atoms with Gasteiger partial charge in [-0.15, -0.1) is 0 Å². The van der Waals surface area contributed by atoms with Crippen molar-refractivity contribution in [2.24, 2.45) is 16.8 Å². The van der Waals surface area contributed by atoms with Gasteiger partial charge in [0, 0.05) is 18.7 Å². The van der Waals surface area contributed by atoms with Crippen LogP contribution >= 0.6 is 0 Å². The van der Waals surface area contributed by atoms with Crippen LogP contribution in [0.15, 0.2) is 29.4 Å². The van der Waals surface area contributed by atoms with Crippen LogP contribution < -0.4 is 16.1 Å². The number of hydrogen-bond donors (Lipinski definition) is 2. The summed E-state index contributed by atoms with van der Waals surface area (Å²) in [6, 6.07) is 7.58. The first-order valence-electron chi connectivity index (χ1n) is 11.5. The summed E-state index contributed by atoms with van der Waals surface area (Å²) in [6.07, 6.45) is 2.41. The second kappa shape index (κ2) is 10.3. The van der Waals surface area contributed by atoms with Crippen LogP contribution in [0.1, 0.15) is 42.7 Å². The lowest BCUT2D eigenvalue weighted by Gasteiger charge is -2.29. The van der Waals surface area contributed by atoms with Gasteiger partial charge < -0.3 is 20.3 Å². The zero-order valence-electron chi connectivity index (χ0n) is 19.6. The number of morpholine rings is 1. The van der Waals surface area contributed by atoms with E-state index in [0.29, 0.717) is 44.6 Å². The molecule has 0 saturated carbocycles. The molecule has 33 heavy (non-hydrogen) atoms. The van der Waals surface area contributed by atoms with Gasteiger partial charge in [0.1, 0.15) is 5.82 Å². The van der Waals surface area contributed by atoms with Crippen molar-refractivity contribution in [2.75, 3.05) is 36.6 Å². The zero-order valence-corrected chi connectivity index (χ0v) is 19.6. The third-order valence-electron chi connectivity index (χ3n) is 5.85. The number of aryl methyl sites for hydroxylation is 1. The van der Waals surface area contributed by atoms with Gasteiger partial charge in [0.05, 0.1) is 44.3 Å². The van der Waals surface area contributed by atoms with Crippen LogP contribution in [0.4, 0.5) is 11.8 Å². The van der Waals surface area contributed by atoms with Crippen molar-refractivity contribution in [1.29, 1.82) is 0 Å². The van der Waals surface area contributed by atoms with E-state index in [0.717, 1.165) is 35.7 Å². The van der Waals surface area contributed by atoms with E-state index in [-0.39, 0.29) is 5.91 Å². The van der Waals surface area contributed by atoms with Gasteiger partial charge in [-0.3, -0.25) is 4.79 Å². The summed E-state index contributed by atoms with van der Waals surface area (Å²) < 4.78 is 5.52. The third-order valence-corrected chi connectivity index (χ3v) is 5.85. The Kier molecular flexibility index (Phi) is 7.20. The topological polar surface area (TPSA) is 109 Å². The number of rotatable bonds is 7. The van der Waals surface area contributed by atoms with E-state index in [2.05, 4.69) is 40.3 Å². The molecule has 1 fully saturated rings. The maximum absolute atomic E-state index is 13.0. The molecule has 176 valence electrons. The van der Waals surface area contributed by atoms with E-state index >= 15 is 0 Å². The lowest BCUT2D eigenvalue weighted by Crippen LogP contribution is -2.42. The number of fused-ring (bicyclic) bond motifs is 1. The van der Waals surface area contributed by atoms with Crippen molar-refractivity contribution in [3.63, 3.8) is 0 Å². The van der Waals surface area contributed by atoms with Gasteiger partial charge in [0.15, 0.2) is 0 Å². The van der Waals surface area contributed by atoms with Crippen LogP contribution in [0.2, 0.25) is 0 Å². The van der Waals surface area contributed by atoms with Crippen molar-refractivity contribution in [3.8, 4) is 0 Å². The average molecular weight is 452 g/mol. The number of hydrogen-bond acceptors (Lipinski definition) is 8.